The smallest absolute Gasteiger partial charge is 0.138 e. The third-order valence-corrected chi connectivity index (χ3v) is 3.72. The Morgan fingerprint density at radius 2 is 2.00 bits per heavy atom. The first-order chi connectivity index (χ1) is 9.06. The van der Waals surface area contributed by atoms with Gasteiger partial charge in [-0.2, -0.15) is 11.3 Å². The summed E-state index contributed by atoms with van der Waals surface area (Å²) in [6.45, 7) is 6.11. The molecule has 2 nitrogen and oxygen atoms in total. The van der Waals surface area contributed by atoms with Crippen LogP contribution in [0.2, 0.25) is 5.02 Å². The average Bonchev–Trinajstić information content (AvgIpc) is 2.86. The van der Waals surface area contributed by atoms with Crippen LogP contribution < -0.4 is 10.1 Å². The second-order valence-corrected chi connectivity index (χ2v) is 5.92. The normalized spacial score (nSPS) is 12.5. The molecule has 19 heavy (non-hydrogen) atoms. The average molecular weight is 296 g/mol. The topological polar surface area (TPSA) is 21.3 Å². The van der Waals surface area contributed by atoms with Crippen molar-refractivity contribution in [2.75, 3.05) is 5.32 Å². The zero-order valence-corrected chi connectivity index (χ0v) is 12.9. The van der Waals surface area contributed by atoms with E-state index >= 15 is 0 Å². The Kier molecular flexibility index (Phi) is 4.72. The van der Waals surface area contributed by atoms with E-state index < -0.39 is 0 Å². The van der Waals surface area contributed by atoms with Gasteiger partial charge in [0.1, 0.15) is 5.75 Å². The standard InChI is InChI=1S/C15H18ClNOS/c1-10(2)18-15-5-4-13(8-14(15)16)17-11(3)12-6-7-19-9-12/h4-11,17H,1-3H3. The van der Waals surface area contributed by atoms with Gasteiger partial charge in [-0.25, -0.2) is 0 Å². The summed E-state index contributed by atoms with van der Waals surface area (Å²) in [6.07, 6.45) is 0.126. The monoisotopic (exact) mass is 295 g/mol. The van der Waals surface area contributed by atoms with Crippen LogP contribution in [0, 0.1) is 0 Å². The zero-order chi connectivity index (χ0) is 13.8. The molecular weight excluding hydrogens is 278 g/mol. The Morgan fingerprint density at radius 1 is 1.21 bits per heavy atom. The van der Waals surface area contributed by atoms with Gasteiger partial charge in [-0.3, -0.25) is 0 Å². The first-order valence-electron chi connectivity index (χ1n) is 6.31. The Hall–Kier alpha value is -1.19. The number of thiophene rings is 1. The minimum Gasteiger partial charge on any atom is -0.489 e. The minimum atomic E-state index is 0.126. The summed E-state index contributed by atoms with van der Waals surface area (Å²) < 4.78 is 5.62. The van der Waals surface area contributed by atoms with Crippen LogP contribution in [0.15, 0.2) is 35.0 Å². The van der Waals surface area contributed by atoms with Crippen molar-refractivity contribution in [3.05, 3.63) is 45.6 Å². The summed E-state index contributed by atoms with van der Waals surface area (Å²) in [5.74, 6) is 0.727. The van der Waals surface area contributed by atoms with Gasteiger partial charge in [-0.1, -0.05) is 11.6 Å². The van der Waals surface area contributed by atoms with Crippen molar-refractivity contribution in [1.82, 2.24) is 0 Å². The SMILES string of the molecule is CC(C)Oc1ccc(NC(C)c2ccsc2)cc1Cl. The molecule has 1 N–H and O–H groups in total. The second-order valence-electron chi connectivity index (χ2n) is 4.73. The molecule has 102 valence electrons. The van der Waals surface area contributed by atoms with Crippen LogP contribution in [0.25, 0.3) is 0 Å². The highest BCUT2D eigenvalue weighted by molar-refractivity contribution is 7.07. The third-order valence-electron chi connectivity index (χ3n) is 2.72. The van der Waals surface area contributed by atoms with E-state index in [0.29, 0.717) is 5.02 Å². The van der Waals surface area contributed by atoms with Gasteiger partial charge in [0.25, 0.3) is 0 Å². The van der Waals surface area contributed by atoms with Crippen LogP contribution >= 0.6 is 22.9 Å². The fourth-order valence-electron chi connectivity index (χ4n) is 1.79. The summed E-state index contributed by atoms with van der Waals surface area (Å²) in [7, 11) is 0. The molecule has 0 amide bonds. The fraction of sp³-hybridized carbons (Fsp3) is 0.333. The molecule has 2 rings (SSSR count). The lowest BCUT2D eigenvalue weighted by Crippen LogP contribution is -2.07. The summed E-state index contributed by atoms with van der Waals surface area (Å²) in [4.78, 5) is 0. The van der Waals surface area contributed by atoms with E-state index in [1.54, 1.807) is 11.3 Å². The summed E-state index contributed by atoms with van der Waals surface area (Å²) in [5, 5.41) is 8.30. The van der Waals surface area contributed by atoms with E-state index in [2.05, 4.69) is 29.1 Å². The molecule has 0 aliphatic rings. The van der Waals surface area contributed by atoms with E-state index in [9.17, 15) is 0 Å². The predicted molar refractivity (Wildman–Crippen MR) is 83.6 cm³/mol. The highest BCUT2D eigenvalue weighted by Gasteiger charge is 2.08. The van der Waals surface area contributed by atoms with Gasteiger partial charge in [0.15, 0.2) is 0 Å². The highest BCUT2D eigenvalue weighted by atomic mass is 35.5. The number of halogens is 1. The maximum atomic E-state index is 6.22. The van der Waals surface area contributed by atoms with Gasteiger partial charge in [-0.05, 0) is 61.4 Å². The first kappa shape index (κ1) is 14.2. The molecule has 0 bridgehead atoms. The van der Waals surface area contributed by atoms with Gasteiger partial charge < -0.3 is 10.1 Å². The quantitative estimate of drug-likeness (QED) is 0.801. The molecule has 1 atom stereocenters. The summed E-state index contributed by atoms with van der Waals surface area (Å²) in [5.41, 5.74) is 2.28. The van der Waals surface area contributed by atoms with E-state index in [0.717, 1.165) is 11.4 Å². The molecule has 4 heteroatoms. The van der Waals surface area contributed by atoms with Crippen molar-refractivity contribution < 1.29 is 4.74 Å². The molecule has 0 saturated heterocycles. The van der Waals surface area contributed by atoms with Gasteiger partial charge in [0.2, 0.25) is 0 Å². The molecule has 2 aromatic rings. The predicted octanol–water partition coefficient (Wildman–Crippen LogP) is 5.36. The highest BCUT2D eigenvalue weighted by Crippen LogP contribution is 2.30. The van der Waals surface area contributed by atoms with Crippen LogP contribution in [0.1, 0.15) is 32.4 Å². The molecule has 0 saturated carbocycles. The number of nitrogens with one attached hydrogen (secondary N) is 1. The van der Waals surface area contributed by atoms with Crippen molar-refractivity contribution >= 4 is 28.6 Å². The number of ether oxygens (including phenoxy) is 1. The molecule has 0 spiro atoms. The lowest BCUT2D eigenvalue weighted by molar-refractivity contribution is 0.242. The molecular formula is C15H18ClNOS. The van der Waals surface area contributed by atoms with Crippen molar-refractivity contribution in [3.8, 4) is 5.75 Å². The van der Waals surface area contributed by atoms with Crippen molar-refractivity contribution in [2.24, 2.45) is 0 Å². The van der Waals surface area contributed by atoms with Crippen LogP contribution in [-0.2, 0) is 0 Å². The second kappa shape index (κ2) is 6.31. The molecule has 1 aromatic heterocycles. The Morgan fingerprint density at radius 3 is 2.58 bits per heavy atom. The lowest BCUT2D eigenvalue weighted by Gasteiger charge is -2.16. The Labute approximate surface area is 123 Å². The van der Waals surface area contributed by atoms with E-state index in [1.807, 2.05) is 32.0 Å². The lowest BCUT2D eigenvalue weighted by atomic mass is 10.1. The van der Waals surface area contributed by atoms with E-state index in [1.165, 1.54) is 5.56 Å². The van der Waals surface area contributed by atoms with Crippen LogP contribution in [0.3, 0.4) is 0 Å². The van der Waals surface area contributed by atoms with Crippen LogP contribution in [-0.4, -0.2) is 6.10 Å². The van der Waals surface area contributed by atoms with E-state index in [4.69, 9.17) is 16.3 Å². The van der Waals surface area contributed by atoms with Gasteiger partial charge in [0, 0.05) is 11.7 Å². The maximum absolute atomic E-state index is 6.22. The molecule has 0 aliphatic heterocycles. The number of rotatable bonds is 5. The number of benzene rings is 1. The fourth-order valence-corrected chi connectivity index (χ4v) is 2.77. The maximum Gasteiger partial charge on any atom is 0.138 e. The van der Waals surface area contributed by atoms with Gasteiger partial charge >= 0.3 is 0 Å². The van der Waals surface area contributed by atoms with Gasteiger partial charge in [-0.15, -0.1) is 0 Å². The van der Waals surface area contributed by atoms with Crippen molar-refractivity contribution in [3.63, 3.8) is 0 Å². The molecule has 1 unspecified atom stereocenters. The molecule has 0 radical (unpaired) electrons. The van der Waals surface area contributed by atoms with Crippen LogP contribution in [0.5, 0.6) is 5.75 Å². The van der Waals surface area contributed by atoms with E-state index in [-0.39, 0.29) is 12.1 Å². The third kappa shape index (κ3) is 3.88. The number of hydrogen-bond acceptors (Lipinski definition) is 3. The zero-order valence-electron chi connectivity index (χ0n) is 11.3. The largest absolute Gasteiger partial charge is 0.489 e. The number of hydrogen-bond donors (Lipinski definition) is 1. The summed E-state index contributed by atoms with van der Waals surface area (Å²) >= 11 is 7.92. The molecule has 1 aromatic carbocycles. The number of anilines is 1. The van der Waals surface area contributed by atoms with Gasteiger partial charge in [0.05, 0.1) is 11.1 Å². The first-order valence-corrected chi connectivity index (χ1v) is 7.63. The Bertz CT molecular complexity index is 525. The molecule has 0 aliphatic carbocycles. The Balaban J connectivity index is 2.07. The van der Waals surface area contributed by atoms with Crippen molar-refractivity contribution in [1.29, 1.82) is 0 Å². The minimum absolute atomic E-state index is 0.126. The summed E-state index contributed by atoms with van der Waals surface area (Å²) in [6, 6.07) is 8.19. The molecule has 1 heterocycles. The van der Waals surface area contributed by atoms with Crippen LogP contribution in [0.4, 0.5) is 5.69 Å². The molecule has 0 fully saturated rings. The van der Waals surface area contributed by atoms with Crippen molar-refractivity contribution in [2.45, 2.75) is 32.9 Å².